The summed E-state index contributed by atoms with van der Waals surface area (Å²) in [5.74, 6) is -0.560. The fourth-order valence-corrected chi connectivity index (χ4v) is 2.86. The lowest BCUT2D eigenvalue weighted by Crippen LogP contribution is -2.29. The Balaban J connectivity index is 2.06. The summed E-state index contributed by atoms with van der Waals surface area (Å²) in [6, 6.07) is 0.966. The molecule has 4 heteroatoms. The number of halogens is 2. The van der Waals surface area contributed by atoms with E-state index >= 15 is 0 Å². The summed E-state index contributed by atoms with van der Waals surface area (Å²) < 4.78 is 32.7. The maximum atomic E-state index is 14.0. The van der Waals surface area contributed by atoms with Gasteiger partial charge in [-0.1, -0.05) is 0 Å². The van der Waals surface area contributed by atoms with Crippen LogP contribution in [0.3, 0.4) is 0 Å². The Morgan fingerprint density at radius 1 is 1.29 bits per heavy atom. The van der Waals surface area contributed by atoms with Gasteiger partial charge in [0.2, 0.25) is 0 Å². The van der Waals surface area contributed by atoms with Crippen molar-refractivity contribution in [2.45, 2.75) is 25.2 Å². The third kappa shape index (κ3) is 1.80. The maximum Gasteiger partial charge on any atom is 0.168 e. The van der Waals surface area contributed by atoms with Crippen LogP contribution in [-0.2, 0) is 6.42 Å². The Labute approximate surface area is 99.0 Å². The Kier molecular flexibility index (Phi) is 2.74. The van der Waals surface area contributed by atoms with Crippen molar-refractivity contribution in [3.8, 4) is 5.75 Å². The quantitative estimate of drug-likeness (QED) is 0.812. The number of nitrogens with one attached hydrogen (secondary N) is 1. The van der Waals surface area contributed by atoms with Crippen molar-refractivity contribution in [1.82, 2.24) is 5.32 Å². The summed E-state index contributed by atoms with van der Waals surface area (Å²) >= 11 is 0. The highest BCUT2D eigenvalue weighted by molar-refractivity contribution is 5.46. The van der Waals surface area contributed by atoms with E-state index in [0.717, 1.165) is 37.6 Å². The Hall–Kier alpha value is -1.16. The summed E-state index contributed by atoms with van der Waals surface area (Å²) in [6.07, 6.45) is 2.62. The summed E-state index contributed by atoms with van der Waals surface area (Å²) in [7, 11) is 0. The Morgan fingerprint density at radius 2 is 2.18 bits per heavy atom. The van der Waals surface area contributed by atoms with Crippen molar-refractivity contribution < 1.29 is 13.5 Å². The molecule has 0 amide bonds. The normalized spacial score (nSPS) is 23.3. The molecule has 2 aliphatic heterocycles. The van der Waals surface area contributed by atoms with E-state index in [1.807, 2.05) is 0 Å². The van der Waals surface area contributed by atoms with Gasteiger partial charge in [0.1, 0.15) is 5.82 Å². The first-order valence-corrected chi connectivity index (χ1v) is 6.11. The van der Waals surface area contributed by atoms with Crippen molar-refractivity contribution in [1.29, 1.82) is 0 Å². The van der Waals surface area contributed by atoms with E-state index in [-0.39, 0.29) is 11.7 Å². The molecule has 1 atom stereocenters. The molecule has 1 aromatic rings. The fraction of sp³-hybridized carbons (Fsp3) is 0.538. The van der Waals surface area contributed by atoms with E-state index in [1.54, 1.807) is 0 Å². The van der Waals surface area contributed by atoms with Gasteiger partial charge in [-0.15, -0.1) is 0 Å². The molecule has 1 saturated heterocycles. The molecule has 92 valence electrons. The minimum atomic E-state index is -0.567. The molecule has 0 bridgehead atoms. The molecule has 1 N–H and O–H groups in total. The van der Waals surface area contributed by atoms with Crippen molar-refractivity contribution >= 4 is 0 Å². The van der Waals surface area contributed by atoms with Crippen LogP contribution >= 0.6 is 0 Å². The molecular formula is C13H15F2NO. The maximum absolute atomic E-state index is 14.0. The van der Waals surface area contributed by atoms with Crippen LogP contribution in [0, 0.1) is 11.6 Å². The lowest BCUT2D eigenvalue weighted by Gasteiger charge is -2.25. The summed E-state index contributed by atoms with van der Waals surface area (Å²) in [5.41, 5.74) is 1.42. The smallest absolute Gasteiger partial charge is 0.168 e. The molecule has 0 spiro atoms. The molecule has 3 rings (SSSR count). The van der Waals surface area contributed by atoms with Crippen LogP contribution in [-0.4, -0.2) is 19.7 Å². The van der Waals surface area contributed by atoms with E-state index in [1.165, 1.54) is 0 Å². The third-order valence-corrected chi connectivity index (χ3v) is 3.63. The highest BCUT2D eigenvalue weighted by Gasteiger charge is 2.29. The van der Waals surface area contributed by atoms with Gasteiger partial charge < -0.3 is 10.1 Å². The second kappa shape index (κ2) is 4.26. The van der Waals surface area contributed by atoms with Crippen LogP contribution in [0.5, 0.6) is 5.75 Å². The van der Waals surface area contributed by atoms with Crippen molar-refractivity contribution in [2.24, 2.45) is 0 Å². The first-order chi connectivity index (χ1) is 8.27. The molecule has 1 unspecified atom stereocenters. The number of rotatable bonds is 1. The van der Waals surface area contributed by atoms with E-state index in [2.05, 4.69) is 5.32 Å². The lowest BCUT2D eigenvalue weighted by atomic mass is 9.87. The topological polar surface area (TPSA) is 21.3 Å². The average molecular weight is 239 g/mol. The first-order valence-electron chi connectivity index (χ1n) is 6.11. The molecule has 2 nitrogen and oxygen atoms in total. The molecule has 17 heavy (non-hydrogen) atoms. The highest BCUT2D eigenvalue weighted by atomic mass is 19.1. The number of piperidine rings is 1. The SMILES string of the molecule is Fc1cc(F)c(C2CCCNC2)c2c1OCC2. The minimum Gasteiger partial charge on any atom is -0.490 e. The summed E-state index contributed by atoms with van der Waals surface area (Å²) in [6.45, 7) is 2.22. The van der Waals surface area contributed by atoms with Gasteiger partial charge in [0.05, 0.1) is 6.61 Å². The summed E-state index contributed by atoms with van der Waals surface area (Å²) in [5, 5.41) is 3.27. The van der Waals surface area contributed by atoms with Gasteiger partial charge in [-0.05, 0) is 30.9 Å². The zero-order valence-corrected chi connectivity index (χ0v) is 9.56. The van der Waals surface area contributed by atoms with Gasteiger partial charge in [0.15, 0.2) is 11.6 Å². The molecule has 2 aliphatic rings. The number of hydrogen-bond donors (Lipinski definition) is 1. The van der Waals surface area contributed by atoms with Gasteiger partial charge in [-0.3, -0.25) is 0 Å². The minimum absolute atomic E-state index is 0.153. The second-order valence-corrected chi connectivity index (χ2v) is 4.70. The molecule has 0 aliphatic carbocycles. The average Bonchev–Trinajstić information content (AvgIpc) is 2.79. The van der Waals surface area contributed by atoms with E-state index < -0.39 is 11.6 Å². The van der Waals surface area contributed by atoms with Crippen LogP contribution in [0.15, 0.2) is 6.07 Å². The van der Waals surface area contributed by atoms with Crippen molar-refractivity contribution in [3.05, 3.63) is 28.8 Å². The largest absolute Gasteiger partial charge is 0.490 e. The predicted octanol–water partition coefficient (Wildman–Crippen LogP) is 2.37. The molecule has 1 fully saturated rings. The van der Waals surface area contributed by atoms with Crippen LogP contribution in [0.25, 0.3) is 0 Å². The Morgan fingerprint density at radius 3 is 2.94 bits per heavy atom. The van der Waals surface area contributed by atoms with Crippen LogP contribution in [0.2, 0.25) is 0 Å². The summed E-state index contributed by atoms with van der Waals surface area (Å²) in [4.78, 5) is 0. The number of hydrogen-bond acceptors (Lipinski definition) is 2. The number of benzene rings is 1. The van der Waals surface area contributed by atoms with Gasteiger partial charge in [0, 0.05) is 24.6 Å². The molecule has 0 radical (unpaired) electrons. The molecule has 1 aromatic carbocycles. The van der Waals surface area contributed by atoms with E-state index in [9.17, 15) is 8.78 Å². The zero-order valence-electron chi connectivity index (χ0n) is 9.56. The molecule has 2 heterocycles. The number of fused-ring (bicyclic) bond motifs is 1. The molecule has 0 saturated carbocycles. The van der Waals surface area contributed by atoms with Crippen molar-refractivity contribution in [2.75, 3.05) is 19.7 Å². The monoisotopic (exact) mass is 239 g/mol. The van der Waals surface area contributed by atoms with E-state index in [4.69, 9.17) is 4.74 Å². The molecule has 0 aromatic heterocycles. The van der Waals surface area contributed by atoms with Crippen LogP contribution in [0.1, 0.15) is 29.9 Å². The van der Waals surface area contributed by atoms with Crippen LogP contribution in [0.4, 0.5) is 8.78 Å². The third-order valence-electron chi connectivity index (χ3n) is 3.63. The zero-order chi connectivity index (χ0) is 11.8. The van der Waals surface area contributed by atoms with Crippen LogP contribution < -0.4 is 10.1 Å². The fourth-order valence-electron chi connectivity index (χ4n) is 2.86. The lowest BCUT2D eigenvalue weighted by molar-refractivity contribution is 0.338. The van der Waals surface area contributed by atoms with Gasteiger partial charge in [0.25, 0.3) is 0 Å². The Bertz CT molecular complexity index is 442. The second-order valence-electron chi connectivity index (χ2n) is 4.70. The van der Waals surface area contributed by atoms with Gasteiger partial charge in [-0.25, -0.2) is 8.78 Å². The highest BCUT2D eigenvalue weighted by Crippen LogP contribution is 2.38. The van der Waals surface area contributed by atoms with Crippen molar-refractivity contribution in [3.63, 3.8) is 0 Å². The van der Waals surface area contributed by atoms with Gasteiger partial charge in [-0.2, -0.15) is 0 Å². The van der Waals surface area contributed by atoms with Gasteiger partial charge >= 0.3 is 0 Å². The number of ether oxygens (including phenoxy) is 1. The predicted molar refractivity (Wildman–Crippen MR) is 60.4 cm³/mol. The first kappa shape index (κ1) is 11.0. The molecular weight excluding hydrogens is 224 g/mol. The standard InChI is InChI=1S/C13H15F2NO/c14-10-6-11(15)13-9(3-5-17-13)12(10)8-2-1-4-16-7-8/h6,8,16H,1-5,7H2. The van der Waals surface area contributed by atoms with E-state index in [0.29, 0.717) is 18.6 Å².